The average Bonchev–Trinajstić information content (AvgIpc) is 2.94. The zero-order valence-corrected chi connectivity index (χ0v) is 8.51. The van der Waals surface area contributed by atoms with Crippen LogP contribution >= 0.6 is 0 Å². The summed E-state index contributed by atoms with van der Waals surface area (Å²) in [5, 5.41) is 12.7. The molecule has 1 aromatic rings. The Labute approximate surface area is 86.1 Å². The van der Waals surface area contributed by atoms with E-state index in [0.717, 1.165) is 23.3 Å². The van der Waals surface area contributed by atoms with Crippen molar-refractivity contribution in [2.45, 2.75) is 38.8 Å². The van der Waals surface area contributed by atoms with Crippen molar-refractivity contribution in [1.82, 2.24) is 14.3 Å². The largest absolute Gasteiger partial charge is 0.480 e. The Morgan fingerprint density at radius 3 is 2.73 bits per heavy atom. The first kappa shape index (κ1) is 9.95. The summed E-state index contributed by atoms with van der Waals surface area (Å²) >= 11 is 0. The number of nitrogens with zero attached hydrogens (tertiary/aromatic N) is 3. The van der Waals surface area contributed by atoms with E-state index in [9.17, 15) is 9.59 Å². The van der Waals surface area contributed by atoms with Crippen LogP contribution in [0.2, 0.25) is 0 Å². The van der Waals surface area contributed by atoms with E-state index >= 15 is 0 Å². The van der Waals surface area contributed by atoms with Crippen LogP contribution in [0.15, 0.2) is 4.79 Å². The predicted molar refractivity (Wildman–Crippen MR) is 51.8 cm³/mol. The molecule has 0 spiro atoms. The quantitative estimate of drug-likeness (QED) is 0.762. The molecule has 0 bridgehead atoms. The number of rotatable bonds is 4. The fourth-order valence-electron chi connectivity index (χ4n) is 1.63. The minimum Gasteiger partial charge on any atom is -0.480 e. The molecular formula is C9H13N3O3. The van der Waals surface area contributed by atoms with Crippen molar-refractivity contribution in [2.24, 2.45) is 0 Å². The molecule has 1 aliphatic rings. The number of carbonyl (C=O) groups is 1. The second-order valence-electron chi connectivity index (χ2n) is 3.71. The molecule has 0 saturated heterocycles. The van der Waals surface area contributed by atoms with Gasteiger partial charge in [0, 0.05) is 12.5 Å². The first-order valence-corrected chi connectivity index (χ1v) is 5.02. The molecule has 82 valence electrons. The van der Waals surface area contributed by atoms with Gasteiger partial charge in [-0.05, 0) is 19.8 Å². The molecule has 0 atom stereocenters. The first-order valence-electron chi connectivity index (χ1n) is 5.02. The van der Waals surface area contributed by atoms with Gasteiger partial charge in [0.25, 0.3) is 0 Å². The molecule has 1 aliphatic carbocycles. The lowest BCUT2D eigenvalue weighted by atomic mass is 10.4. The van der Waals surface area contributed by atoms with E-state index in [1.54, 1.807) is 4.57 Å². The highest BCUT2D eigenvalue weighted by molar-refractivity contribution is 5.66. The molecule has 0 aliphatic heterocycles. The molecule has 6 heteroatoms. The molecule has 15 heavy (non-hydrogen) atoms. The van der Waals surface area contributed by atoms with E-state index in [0.29, 0.717) is 12.5 Å². The molecule has 1 N–H and O–H groups in total. The smallest absolute Gasteiger partial charge is 0.346 e. The summed E-state index contributed by atoms with van der Waals surface area (Å²) in [6.45, 7) is 2.05. The number of carboxylic acid groups (broad SMARTS) is 1. The number of hydrogen-bond acceptors (Lipinski definition) is 3. The highest BCUT2D eigenvalue weighted by Crippen LogP contribution is 2.38. The number of aliphatic carboxylic acids is 1. The van der Waals surface area contributed by atoms with Crippen molar-refractivity contribution < 1.29 is 9.90 Å². The van der Waals surface area contributed by atoms with Crippen molar-refractivity contribution >= 4 is 5.97 Å². The Balaban J connectivity index is 2.39. The summed E-state index contributed by atoms with van der Waals surface area (Å²) in [7, 11) is 0. The molecule has 1 saturated carbocycles. The lowest BCUT2D eigenvalue weighted by Gasteiger charge is -1.97. The van der Waals surface area contributed by atoms with Crippen LogP contribution in [0.4, 0.5) is 0 Å². The van der Waals surface area contributed by atoms with Crippen LogP contribution < -0.4 is 5.69 Å². The van der Waals surface area contributed by atoms with E-state index in [4.69, 9.17) is 5.11 Å². The molecule has 0 amide bonds. The van der Waals surface area contributed by atoms with E-state index in [1.165, 1.54) is 0 Å². The highest BCUT2D eigenvalue weighted by Gasteiger charge is 2.30. The maximum Gasteiger partial charge on any atom is 0.346 e. The average molecular weight is 211 g/mol. The van der Waals surface area contributed by atoms with Crippen LogP contribution in [0.3, 0.4) is 0 Å². The van der Waals surface area contributed by atoms with Gasteiger partial charge in [-0.15, -0.1) is 0 Å². The zero-order chi connectivity index (χ0) is 11.0. The van der Waals surface area contributed by atoms with E-state index in [2.05, 4.69) is 5.10 Å². The van der Waals surface area contributed by atoms with Crippen LogP contribution in [0.25, 0.3) is 0 Å². The Hall–Kier alpha value is -1.59. The fourth-order valence-corrected chi connectivity index (χ4v) is 1.63. The molecule has 2 rings (SSSR count). The lowest BCUT2D eigenvalue weighted by molar-refractivity contribution is -0.137. The Morgan fingerprint density at radius 1 is 1.60 bits per heavy atom. The summed E-state index contributed by atoms with van der Waals surface area (Å²) in [5.41, 5.74) is -0.318. The Bertz CT molecular complexity index is 442. The fraction of sp³-hybridized carbons (Fsp3) is 0.667. The highest BCUT2D eigenvalue weighted by atomic mass is 16.4. The van der Waals surface area contributed by atoms with Crippen molar-refractivity contribution in [3.63, 3.8) is 0 Å². The second-order valence-corrected chi connectivity index (χ2v) is 3.71. The maximum absolute atomic E-state index is 11.7. The van der Waals surface area contributed by atoms with Crippen molar-refractivity contribution in [3.05, 3.63) is 16.3 Å². The van der Waals surface area contributed by atoms with Gasteiger partial charge in [-0.2, -0.15) is 5.10 Å². The van der Waals surface area contributed by atoms with Crippen LogP contribution in [0.5, 0.6) is 0 Å². The topological polar surface area (TPSA) is 77.1 Å². The van der Waals surface area contributed by atoms with Gasteiger partial charge in [-0.1, -0.05) is 0 Å². The molecule has 0 radical (unpaired) electrons. The Morgan fingerprint density at radius 2 is 2.27 bits per heavy atom. The van der Waals surface area contributed by atoms with Crippen LogP contribution in [0, 0.1) is 0 Å². The van der Waals surface area contributed by atoms with E-state index in [-0.39, 0.29) is 12.2 Å². The minimum absolute atomic E-state index is 0.318. The van der Waals surface area contributed by atoms with Crippen LogP contribution in [-0.4, -0.2) is 25.4 Å². The summed E-state index contributed by atoms with van der Waals surface area (Å²) in [6.07, 6.45) is 2.09. The normalized spacial score (nSPS) is 15.5. The monoisotopic (exact) mass is 211 g/mol. The van der Waals surface area contributed by atoms with Gasteiger partial charge >= 0.3 is 11.7 Å². The third-order valence-electron chi connectivity index (χ3n) is 2.50. The second kappa shape index (κ2) is 3.52. The van der Waals surface area contributed by atoms with Gasteiger partial charge in [-0.3, -0.25) is 9.36 Å². The third kappa shape index (κ3) is 1.79. The third-order valence-corrected chi connectivity index (χ3v) is 2.50. The first-order chi connectivity index (χ1) is 7.13. The number of aromatic nitrogens is 3. The number of hydrogen-bond donors (Lipinski definition) is 1. The molecule has 6 nitrogen and oxygen atoms in total. The predicted octanol–water partition coefficient (Wildman–Crippen LogP) is 0.0267. The van der Waals surface area contributed by atoms with Crippen LogP contribution in [0.1, 0.15) is 31.5 Å². The van der Waals surface area contributed by atoms with Crippen molar-refractivity contribution in [1.29, 1.82) is 0 Å². The van der Waals surface area contributed by atoms with Gasteiger partial charge in [-0.25, -0.2) is 9.48 Å². The SMILES string of the molecule is CCn1c(C2CC2)nn(CC(=O)O)c1=O. The van der Waals surface area contributed by atoms with E-state index < -0.39 is 5.97 Å². The van der Waals surface area contributed by atoms with Crippen LogP contribution in [-0.2, 0) is 17.9 Å². The van der Waals surface area contributed by atoms with Gasteiger partial charge in [0.1, 0.15) is 12.4 Å². The summed E-state index contributed by atoms with van der Waals surface area (Å²) in [4.78, 5) is 22.2. The maximum atomic E-state index is 11.7. The van der Waals surface area contributed by atoms with Gasteiger partial charge in [0.05, 0.1) is 0 Å². The van der Waals surface area contributed by atoms with Crippen molar-refractivity contribution in [3.8, 4) is 0 Å². The van der Waals surface area contributed by atoms with Gasteiger partial charge in [0.2, 0.25) is 0 Å². The lowest BCUT2D eigenvalue weighted by Crippen LogP contribution is -2.27. The Kier molecular flexibility index (Phi) is 2.34. The van der Waals surface area contributed by atoms with Gasteiger partial charge in [0.15, 0.2) is 0 Å². The van der Waals surface area contributed by atoms with Gasteiger partial charge < -0.3 is 5.11 Å². The molecule has 0 aromatic carbocycles. The summed E-state index contributed by atoms with van der Waals surface area (Å²) < 4.78 is 2.58. The summed E-state index contributed by atoms with van der Waals surface area (Å²) in [6, 6.07) is 0. The summed E-state index contributed by atoms with van der Waals surface area (Å²) in [5.74, 6) is 0.0524. The standard InChI is InChI=1S/C9H13N3O3/c1-2-11-8(6-3-4-6)10-12(9(11)15)5-7(13)14/h6H,2-5H2,1H3,(H,13,14). The van der Waals surface area contributed by atoms with E-state index in [1.807, 2.05) is 6.92 Å². The minimum atomic E-state index is -1.04. The molecule has 1 heterocycles. The molecule has 1 fully saturated rings. The molecular weight excluding hydrogens is 198 g/mol. The number of carboxylic acids is 1. The van der Waals surface area contributed by atoms with Crippen molar-refractivity contribution in [2.75, 3.05) is 0 Å². The molecule has 0 unspecified atom stereocenters. The zero-order valence-electron chi connectivity index (χ0n) is 8.51. The molecule has 1 aromatic heterocycles.